The Kier molecular flexibility index (Phi) is 3.50. The molecular formula is C17H20O3. The van der Waals surface area contributed by atoms with E-state index in [4.69, 9.17) is 9.47 Å². The molecule has 3 heteroatoms. The minimum Gasteiger partial charge on any atom is -0.392 e. The molecule has 1 saturated heterocycles. The maximum absolute atomic E-state index is 9.44. The Labute approximate surface area is 119 Å². The molecule has 0 radical (unpaired) electrons. The summed E-state index contributed by atoms with van der Waals surface area (Å²) >= 11 is 0. The molecule has 0 unspecified atom stereocenters. The van der Waals surface area contributed by atoms with E-state index in [2.05, 4.69) is 19.9 Å². The largest absolute Gasteiger partial charge is 0.392 e. The Morgan fingerprint density at radius 2 is 1.70 bits per heavy atom. The van der Waals surface area contributed by atoms with Gasteiger partial charge in [-0.25, -0.2) is 0 Å². The molecule has 0 aromatic heterocycles. The van der Waals surface area contributed by atoms with E-state index in [1.54, 1.807) is 0 Å². The standard InChI is InChI=1S/C17H20O3/c1-17(2)10-19-16(20-11-17)15-8-7-12(9-18)13-5-3-4-6-14(13)15/h3-8,16,18H,9-11H2,1-2H3. The molecular weight excluding hydrogens is 252 g/mol. The SMILES string of the molecule is CC1(C)COC(c2ccc(CO)c3ccccc23)OC1. The van der Waals surface area contributed by atoms with Crippen LogP contribution in [0.25, 0.3) is 10.8 Å². The normalized spacial score (nSPS) is 19.4. The van der Waals surface area contributed by atoms with Crippen molar-refractivity contribution in [2.45, 2.75) is 26.7 Å². The lowest BCUT2D eigenvalue weighted by molar-refractivity contribution is -0.225. The molecule has 0 bridgehead atoms. The second-order valence-corrected chi connectivity index (χ2v) is 6.14. The average molecular weight is 272 g/mol. The number of ether oxygens (including phenoxy) is 2. The Morgan fingerprint density at radius 1 is 1.05 bits per heavy atom. The molecule has 0 spiro atoms. The summed E-state index contributed by atoms with van der Waals surface area (Å²) in [7, 11) is 0. The first kappa shape index (κ1) is 13.6. The first-order valence-corrected chi connectivity index (χ1v) is 6.95. The third-order valence-electron chi connectivity index (χ3n) is 3.72. The van der Waals surface area contributed by atoms with Gasteiger partial charge in [0.1, 0.15) is 0 Å². The molecule has 20 heavy (non-hydrogen) atoms. The van der Waals surface area contributed by atoms with Gasteiger partial charge in [-0.05, 0) is 16.3 Å². The van der Waals surface area contributed by atoms with Gasteiger partial charge in [0.15, 0.2) is 6.29 Å². The van der Waals surface area contributed by atoms with Crippen LogP contribution < -0.4 is 0 Å². The van der Waals surface area contributed by atoms with Gasteiger partial charge in [-0.3, -0.25) is 0 Å². The average Bonchev–Trinajstić information content (AvgIpc) is 2.46. The summed E-state index contributed by atoms with van der Waals surface area (Å²) < 4.78 is 11.8. The van der Waals surface area contributed by atoms with Gasteiger partial charge in [0.25, 0.3) is 0 Å². The lowest BCUT2D eigenvalue weighted by atomic mass is 9.94. The molecule has 0 amide bonds. The van der Waals surface area contributed by atoms with Crippen LogP contribution in [0.2, 0.25) is 0 Å². The minimum atomic E-state index is -0.319. The molecule has 0 aliphatic carbocycles. The van der Waals surface area contributed by atoms with Gasteiger partial charge in [0.05, 0.1) is 19.8 Å². The first-order chi connectivity index (χ1) is 9.61. The molecule has 3 nitrogen and oxygen atoms in total. The molecule has 1 heterocycles. The fourth-order valence-corrected chi connectivity index (χ4v) is 2.60. The summed E-state index contributed by atoms with van der Waals surface area (Å²) in [6, 6.07) is 12.0. The van der Waals surface area contributed by atoms with Gasteiger partial charge in [-0.1, -0.05) is 50.2 Å². The molecule has 1 fully saturated rings. The fourth-order valence-electron chi connectivity index (χ4n) is 2.60. The molecule has 0 saturated carbocycles. The van der Waals surface area contributed by atoms with Crippen LogP contribution >= 0.6 is 0 Å². The zero-order valence-electron chi connectivity index (χ0n) is 11.9. The molecule has 1 aliphatic heterocycles. The molecule has 106 valence electrons. The zero-order chi connectivity index (χ0) is 14.2. The topological polar surface area (TPSA) is 38.7 Å². The number of fused-ring (bicyclic) bond motifs is 1. The van der Waals surface area contributed by atoms with E-state index in [0.29, 0.717) is 13.2 Å². The smallest absolute Gasteiger partial charge is 0.184 e. The summed E-state index contributed by atoms with van der Waals surface area (Å²) in [4.78, 5) is 0. The molecule has 2 aromatic carbocycles. The number of aliphatic hydroxyl groups excluding tert-OH is 1. The lowest BCUT2D eigenvalue weighted by Crippen LogP contribution is -2.33. The van der Waals surface area contributed by atoms with Gasteiger partial charge in [-0.2, -0.15) is 0 Å². The van der Waals surface area contributed by atoms with E-state index in [0.717, 1.165) is 21.9 Å². The minimum absolute atomic E-state index is 0.0419. The molecule has 2 aromatic rings. The van der Waals surface area contributed by atoms with Gasteiger partial charge in [0, 0.05) is 11.0 Å². The van der Waals surface area contributed by atoms with E-state index < -0.39 is 0 Å². The van der Waals surface area contributed by atoms with Crippen molar-refractivity contribution in [1.82, 2.24) is 0 Å². The van der Waals surface area contributed by atoms with Crippen LogP contribution in [0.5, 0.6) is 0 Å². The molecule has 1 N–H and O–H groups in total. The number of aliphatic hydroxyl groups is 1. The van der Waals surface area contributed by atoms with Crippen molar-refractivity contribution in [2.24, 2.45) is 5.41 Å². The maximum Gasteiger partial charge on any atom is 0.184 e. The second-order valence-electron chi connectivity index (χ2n) is 6.14. The van der Waals surface area contributed by atoms with Crippen molar-refractivity contribution >= 4 is 10.8 Å². The number of rotatable bonds is 2. The van der Waals surface area contributed by atoms with Gasteiger partial charge in [-0.15, -0.1) is 0 Å². The van der Waals surface area contributed by atoms with Crippen LogP contribution in [0.4, 0.5) is 0 Å². The van der Waals surface area contributed by atoms with Crippen LogP contribution in [0.15, 0.2) is 36.4 Å². The Balaban J connectivity index is 2.01. The van der Waals surface area contributed by atoms with Crippen LogP contribution in [0.1, 0.15) is 31.3 Å². The van der Waals surface area contributed by atoms with Gasteiger partial charge >= 0.3 is 0 Å². The summed E-state index contributed by atoms with van der Waals surface area (Å²) in [6.07, 6.45) is -0.319. The van der Waals surface area contributed by atoms with Crippen LogP contribution in [0.3, 0.4) is 0 Å². The number of hydrogen-bond acceptors (Lipinski definition) is 3. The van der Waals surface area contributed by atoms with Crippen molar-refractivity contribution in [3.05, 3.63) is 47.5 Å². The second kappa shape index (κ2) is 5.17. The predicted molar refractivity (Wildman–Crippen MR) is 78.3 cm³/mol. The van der Waals surface area contributed by atoms with E-state index in [1.165, 1.54) is 0 Å². The van der Waals surface area contributed by atoms with E-state index in [1.807, 2.05) is 30.3 Å². The number of benzene rings is 2. The van der Waals surface area contributed by atoms with Crippen molar-refractivity contribution in [1.29, 1.82) is 0 Å². The molecule has 0 atom stereocenters. The van der Waals surface area contributed by atoms with Gasteiger partial charge < -0.3 is 14.6 Å². The monoisotopic (exact) mass is 272 g/mol. The third-order valence-corrected chi connectivity index (χ3v) is 3.72. The fraction of sp³-hybridized carbons (Fsp3) is 0.412. The van der Waals surface area contributed by atoms with Gasteiger partial charge in [0.2, 0.25) is 0 Å². The van der Waals surface area contributed by atoms with E-state index >= 15 is 0 Å². The van der Waals surface area contributed by atoms with E-state index in [-0.39, 0.29) is 18.3 Å². The first-order valence-electron chi connectivity index (χ1n) is 6.95. The highest BCUT2D eigenvalue weighted by atomic mass is 16.7. The Morgan fingerprint density at radius 3 is 2.35 bits per heavy atom. The zero-order valence-corrected chi connectivity index (χ0v) is 11.9. The van der Waals surface area contributed by atoms with Crippen LogP contribution in [-0.4, -0.2) is 18.3 Å². The predicted octanol–water partition coefficient (Wildman–Crippen LogP) is 3.40. The summed E-state index contributed by atoms with van der Waals surface area (Å²) in [5, 5.41) is 11.6. The van der Waals surface area contributed by atoms with Crippen molar-refractivity contribution < 1.29 is 14.6 Å². The number of hydrogen-bond donors (Lipinski definition) is 1. The Bertz CT molecular complexity index is 609. The summed E-state index contributed by atoms with van der Waals surface area (Å²) in [5.74, 6) is 0. The highest BCUT2D eigenvalue weighted by Gasteiger charge is 2.30. The van der Waals surface area contributed by atoms with Crippen molar-refractivity contribution in [3.63, 3.8) is 0 Å². The summed E-state index contributed by atoms with van der Waals surface area (Å²) in [5.41, 5.74) is 2.03. The maximum atomic E-state index is 9.44. The molecule has 3 rings (SSSR count). The van der Waals surface area contributed by atoms with Crippen molar-refractivity contribution in [2.75, 3.05) is 13.2 Å². The highest BCUT2D eigenvalue weighted by molar-refractivity contribution is 5.88. The van der Waals surface area contributed by atoms with Crippen LogP contribution in [0, 0.1) is 5.41 Å². The summed E-state index contributed by atoms with van der Waals surface area (Å²) in [6.45, 7) is 5.69. The van der Waals surface area contributed by atoms with E-state index in [9.17, 15) is 5.11 Å². The highest BCUT2D eigenvalue weighted by Crippen LogP contribution is 2.35. The van der Waals surface area contributed by atoms with Crippen molar-refractivity contribution in [3.8, 4) is 0 Å². The van der Waals surface area contributed by atoms with Crippen LogP contribution in [-0.2, 0) is 16.1 Å². The lowest BCUT2D eigenvalue weighted by Gasteiger charge is -2.35. The third kappa shape index (κ3) is 2.44. The molecule has 1 aliphatic rings. The Hall–Kier alpha value is -1.42. The quantitative estimate of drug-likeness (QED) is 0.910.